The smallest absolute Gasteiger partial charge is 0.322 e. The Bertz CT molecular complexity index is 213. The molecule has 0 saturated heterocycles. The molecule has 0 bridgehead atoms. The number of likely N-dealkylation sites (N-methyl/N-ethyl adjacent to an activating group) is 1. The lowest BCUT2D eigenvalue weighted by atomic mass is 10.2. The van der Waals surface area contributed by atoms with E-state index in [0.717, 1.165) is 13.0 Å². The van der Waals surface area contributed by atoms with Gasteiger partial charge in [-0.3, -0.25) is 4.79 Å². The minimum absolute atomic E-state index is 0.249. The second-order valence-electron chi connectivity index (χ2n) is 3.99. The summed E-state index contributed by atoms with van der Waals surface area (Å²) < 4.78 is 20.4. The maximum Gasteiger partial charge on any atom is 0.322 e. The summed E-state index contributed by atoms with van der Waals surface area (Å²) in [6, 6.07) is -0.294. The van der Waals surface area contributed by atoms with Crippen molar-refractivity contribution in [1.29, 1.82) is 0 Å². The molecule has 0 spiro atoms. The van der Waals surface area contributed by atoms with Crippen molar-refractivity contribution in [2.24, 2.45) is 0 Å². The maximum atomic E-state index is 11.4. The van der Waals surface area contributed by atoms with Gasteiger partial charge >= 0.3 is 5.97 Å². The molecule has 6 heteroatoms. The van der Waals surface area contributed by atoms with Gasteiger partial charge in [-0.05, 0) is 19.4 Å². The maximum absolute atomic E-state index is 11.4. The van der Waals surface area contributed by atoms with Crippen molar-refractivity contribution in [2.45, 2.75) is 25.8 Å². The number of esters is 1. The van der Waals surface area contributed by atoms with Gasteiger partial charge in [0.25, 0.3) is 0 Å². The van der Waals surface area contributed by atoms with Gasteiger partial charge in [0.2, 0.25) is 0 Å². The largest absolute Gasteiger partial charge is 0.468 e. The van der Waals surface area contributed by atoms with Crippen molar-refractivity contribution in [3.8, 4) is 0 Å². The van der Waals surface area contributed by atoms with Crippen LogP contribution in [0, 0.1) is 0 Å². The van der Waals surface area contributed by atoms with E-state index in [1.807, 2.05) is 6.92 Å². The van der Waals surface area contributed by atoms with Crippen LogP contribution in [-0.4, -0.2) is 65.8 Å². The van der Waals surface area contributed by atoms with E-state index in [2.05, 4.69) is 5.32 Å². The highest BCUT2D eigenvalue weighted by atomic mass is 16.5. The SMILES string of the molecule is CCNC(CCOCCOCCCOC)C(=O)OC. The molecule has 19 heavy (non-hydrogen) atoms. The van der Waals surface area contributed by atoms with E-state index in [-0.39, 0.29) is 12.0 Å². The number of hydrogen-bond acceptors (Lipinski definition) is 6. The van der Waals surface area contributed by atoms with E-state index in [9.17, 15) is 4.79 Å². The molecule has 0 fully saturated rings. The van der Waals surface area contributed by atoms with Crippen molar-refractivity contribution in [3.05, 3.63) is 0 Å². The number of ether oxygens (including phenoxy) is 4. The fourth-order valence-electron chi connectivity index (χ4n) is 1.52. The van der Waals surface area contributed by atoms with Crippen molar-refractivity contribution in [1.82, 2.24) is 5.32 Å². The van der Waals surface area contributed by atoms with Gasteiger partial charge in [0, 0.05) is 26.9 Å². The first-order valence-electron chi connectivity index (χ1n) is 6.71. The second kappa shape index (κ2) is 13.7. The van der Waals surface area contributed by atoms with E-state index >= 15 is 0 Å². The summed E-state index contributed by atoms with van der Waals surface area (Å²) in [5.74, 6) is -0.249. The quantitative estimate of drug-likeness (QED) is 0.393. The van der Waals surface area contributed by atoms with Crippen LogP contribution in [-0.2, 0) is 23.7 Å². The molecule has 1 N–H and O–H groups in total. The van der Waals surface area contributed by atoms with Crippen LogP contribution in [0.1, 0.15) is 19.8 Å². The zero-order valence-electron chi connectivity index (χ0n) is 12.3. The Balaban J connectivity index is 3.42. The minimum atomic E-state index is -0.294. The average molecular weight is 277 g/mol. The standard InChI is InChI=1S/C13H27NO5/c1-4-14-12(13(15)17-3)6-9-19-11-10-18-8-5-7-16-2/h12,14H,4-11H2,1-3H3. The number of nitrogens with one attached hydrogen (secondary N) is 1. The molecular formula is C13H27NO5. The Morgan fingerprint density at radius 2 is 1.74 bits per heavy atom. The van der Waals surface area contributed by atoms with E-state index in [0.29, 0.717) is 39.5 Å². The molecule has 0 rings (SSSR count). The highest BCUT2D eigenvalue weighted by Crippen LogP contribution is 1.96. The van der Waals surface area contributed by atoms with Gasteiger partial charge in [0.05, 0.1) is 20.3 Å². The van der Waals surface area contributed by atoms with E-state index in [1.165, 1.54) is 7.11 Å². The molecule has 0 aromatic heterocycles. The first kappa shape index (κ1) is 18.3. The molecule has 0 amide bonds. The van der Waals surface area contributed by atoms with Crippen LogP contribution < -0.4 is 5.32 Å². The topological polar surface area (TPSA) is 66.0 Å². The van der Waals surface area contributed by atoms with Crippen LogP contribution >= 0.6 is 0 Å². The fraction of sp³-hybridized carbons (Fsp3) is 0.923. The molecule has 0 saturated carbocycles. The summed E-state index contributed by atoms with van der Waals surface area (Å²) in [5.41, 5.74) is 0. The van der Waals surface area contributed by atoms with Gasteiger partial charge in [0.1, 0.15) is 6.04 Å². The summed E-state index contributed by atoms with van der Waals surface area (Å²) in [6.07, 6.45) is 1.49. The molecule has 1 unspecified atom stereocenters. The zero-order valence-corrected chi connectivity index (χ0v) is 12.3. The number of carbonyl (C=O) groups excluding carboxylic acids is 1. The Kier molecular flexibility index (Phi) is 13.2. The zero-order chi connectivity index (χ0) is 14.3. The lowest BCUT2D eigenvalue weighted by molar-refractivity contribution is -0.143. The number of hydrogen-bond donors (Lipinski definition) is 1. The minimum Gasteiger partial charge on any atom is -0.468 e. The Morgan fingerprint density at radius 3 is 2.32 bits per heavy atom. The van der Waals surface area contributed by atoms with Gasteiger partial charge in [-0.1, -0.05) is 6.92 Å². The van der Waals surface area contributed by atoms with Crippen LogP contribution in [0.5, 0.6) is 0 Å². The molecule has 0 aliphatic carbocycles. The second-order valence-corrected chi connectivity index (χ2v) is 3.99. The van der Waals surface area contributed by atoms with Crippen molar-refractivity contribution in [2.75, 3.05) is 53.8 Å². The molecule has 0 radical (unpaired) electrons. The number of carbonyl (C=O) groups is 1. The monoisotopic (exact) mass is 277 g/mol. The number of rotatable bonds is 13. The summed E-state index contributed by atoms with van der Waals surface area (Å²) in [6.45, 7) is 5.67. The third-order valence-corrected chi connectivity index (χ3v) is 2.50. The molecule has 0 aromatic carbocycles. The normalized spacial score (nSPS) is 12.4. The van der Waals surface area contributed by atoms with E-state index < -0.39 is 0 Å². The third kappa shape index (κ3) is 10.9. The van der Waals surface area contributed by atoms with E-state index in [1.54, 1.807) is 7.11 Å². The number of methoxy groups -OCH3 is 2. The molecule has 0 aromatic rings. The highest BCUT2D eigenvalue weighted by Gasteiger charge is 2.16. The fourth-order valence-corrected chi connectivity index (χ4v) is 1.52. The summed E-state index contributed by atoms with van der Waals surface area (Å²) in [7, 11) is 3.06. The molecule has 6 nitrogen and oxygen atoms in total. The first-order chi connectivity index (χ1) is 9.26. The predicted molar refractivity (Wildman–Crippen MR) is 72.2 cm³/mol. The van der Waals surface area contributed by atoms with Gasteiger partial charge < -0.3 is 24.3 Å². The molecular weight excluding hydrogens is 250 g/mol. The van der Waals surface area contributed by atoms with Gasteiger partial charge in [-0.25, -0.2) is 0 Å². The van der Waals surface area contributed by atoms with Crippen LogP contribution in [0.2, 0.25) is 0 Å². The Morgan fingerprint density at radius 1 is 1.05 bits per heavy atom. The third-order valence-electron chi connectivity index (χ3n) is 2.50. The van der Waals surface area contributed by atoms with Crippen molar-refractivity contribution in [3.63, 3.8) is 0 Å². The molecule has 114 valence electrons. The molecule has 1 atom stereocenters. The van der Waals surface area contributed by atoms with Crippen molar-refractivity contribution >= 4 is 5.97 Å². The van der Waals surface area contributed by atoms with Crippen molar-refractivity contribution < 1.29 is 23.7 Å². The van der Waals surface area contributed by atoms with Crippen LogP contribution in [0.15, 0.2) is 0 Å². The lowest BCUT2D eigenvalue weighted by Gasteiger charge is -2.15. The average Bonchev–Trinajstić information content (AvgIpc) is 2.43. The van der Waals surface area contributed by atoms with Gasteiger partial charge in [-0.2, -0.15) is 0 Å². The van der Waals surface area contributed by atoms with Gasteiger partial charge in [-0.15, -0.1) is 0 Å². The van der Waals surface area contributed by atoms with Crippen LogP contribution in [0.3, 0.4) is 0 Å². The Hall–Kier alpha value is -0.690. The van der Waals surface area contributed by atoms with Crippen LogP contribution in [0.25, 0.3) is 0 Å². The Labute approximate surface area is 115 Å². The highest BCUT2D eigenvalue weighted by molar-refractivity contribution is 5.75. The lowest BCUT2D eigenvalue weighted by Crippen LogP contribution is -2.38. The van der Waals surface area contributed by atoms with Crippen LogP contribution in [0.4, 0.5) is 0 Å². The predicted octanol–water partition coefficient (Wildman–Crippen LogP) is 0.597. The van der Waals surface area contributed by atoms with Gasteiger partial charge in [0.15, 0.2) is 0 Å². The summed E-state index contributed by atoms with van der Waals surface area (Å²) in [4.78, 5) is 11.4. The molecule has 0 heterocycles. The van der Waals surface area contributed by atoms with E-state index in [4.69, 9.17) is 18.9 Å². The summed E-state index contributed by atoms with van der Waals surface area (Å²) >= 11 is 0. The molecule has 0 aliphatic heterocycles. The first-order valence-corrected chi connectivity index (χ1v) is 6.71. The summed E-state index contributed by atoms with van der Waals surface area (Å²) in [5, 5.41) is 3.06. The molecule has 0 aliphatic rings.